The Morgan fingerprint density at radius 1 is 1.54 bits per heavy atom. The second-order valence-electron chi connectivity index (χ2n) is 2.47. The van der Waals surface area contributed by atoms with Crippen molar-refractivity contribution in [2.45, 2.75) is 6.42 Å². The van der Waals surface area contributed by atoms with E-state index < -0.39 is 5.97 Å². The zero-order chi connectivity index (χ0) is 10.0. The minimum atomic E-state index is -1.01. The van der Waals surface area contributed by atoms with Crippen molar-refractivity contribution in [3.63, 3.8) is 0 Å². The number of aromatic hydroxyl groups is 1. The van der Waals surface area contributed by atoms with Crippen LogP contribution in [0.15, 0.2) is 16.6 Å². The lowest BCUT2D eigenvalue weighted by molar-refractivity contribution is -0.136. The molecular formula is C8H6BrClO3. The molecule has 0 bridgehead atoms. The van der Waals surface area contributed by atoms with Gasteiger partial charge in [0.05, 0.1) is 11.4 Å². The molecule has 13 heavy (non-hydrogen) atoms. The minimum Gasteiger partial charge on any atom is -0.508 e. The summed E-state index contributed by atoms with van der Waals surface area (Å²) in [5.74, 6) is -1.08. The van der Waals surface area contributed by atoms with Crippen LogP contribution < -0.4 is 0 Å². The van der Waals surface area contributed by atoms with Crippen LogP contribution in [0, 0.1) is 0 Å². The molecule has 0 aliphatic carbocycles. The zero-order valence-corrected chi connectivity index (χ0v) is 8.76. The zero-order valence-electron chi connectivity index (χ0n) is 6.42. The maximum Gasteiger partial charge on any atom is 0.307 e. The van der Waals surface area contributed by atoms with Gasteiger partial charge in [-0.2, -0.15) is 0 Å². The van der Waals surface area contributed by atoms with E-state index in [1.165, 1.54) is 12.1 Å². The fraction of sp³-hybridized carbons (Fsp3) is 0.125. The summed E-state index contributed by atoms with van der Waals surface area (Å²) in [5, 5.41) is 18.2. The third kappa shape index (κ3) is 2.60. The van der Waals surface area contributed by atoms with Crippen LogP contribution in [0.4, 0.5) is 0 Å². The van der Waals surface area contributed by atoms with Gasteiger partial charge in [-0.25, -0.2) is 0 Å². The second-order valence-corrected chi connectivity index (χ2v) is 3.73. The summed E-state index contributed by atoms with van der Waals surface area (Å²) in [6, 6.07) is 2.80. The van der Waals surface area contributed by atoms with Crippen molar-refractivity contribution < 1.29 is 15.0 Å². The highest BCUT2D eigenvalue weighted by Gasteiger charge is 2.09. The van der Waals surface area contributed by atoms with E-state index in [0.717, 1.165) is 0 Å². The van der Waals surface area contributed by atoms with Crippen LogP contribution in [-0.4, -0.2) is 16.2 Å². The van der Waals surface area contributed by atoms with Crippen molar-refractivity contribution in [3.8, 4) is 5.75 Å². The average molecular weight is 265 g/mol. The van der Waals surface area contributed by atoms with E-state index in [9.17, 15) is 9.90 Å². The summed E-state index contributed by atoms with van der Waals surface area (Å²) < 4.78 is 0.542. The molecule has 5 heteroatoms. The Bertz CT molecular complexity index is 351. The van der Waals surface area contributed by atoms with E-state index in [1.807, 2.05) is 0 Å². The van der Waals surface area contributed by atoms with Crippen molar-refractivity contribution in [2.24, 2.45) is 0 Å². The number of benzene rings is 1. The van der Waals surface area contributed by atoms with Gasteiger partial charge in [-0.15, -0.1) is 0 Å². The highest BCUT2D eigenvalue weighted by Crippen LogP contribution is 2.30. The molecule has 0 heterocycles. The molecule has 0 atom stereocenters. The van der Waals surface area contributed by atoms with Crippen molar-refractivity contribution in [1.29, 1.82) is 0 Å². The second kappa shape index (κ2) is 3.98. The summed E-state index contributed by atoms with van der Waals surface area (Å²) in [4.78, 5) is 10.4. The number of phenols is 1. The van der Waals surface area contributed by atoms with Gasteiger partial charge in [-0.05, 0) is 28.1 Å². The molecule has 0 aliphatic rings. The molecular weight excluding hydrogens is 259 g/mol. The molecule has 0 fully saturated rings. The number of aliphatic carboxylic acids is 1. The number of hydrogen-bond acceptors (Lipinski definition) is 2. The molecule has 0 aliphatic heterocycles. The maximum absolute atomic E-state index is 10.4. The lowest BCUT2D eigenvalue weighted by Crippen LogP contribution is -2.00. The van der Waals surface area contributed by atoms with E-state index in [4.69, 9.17) is 16.7 Å². The number of halogens is 2. The standard InChI is InChI=1S/C8H6BrClO3/c9-5-3-7(11)4(1-6(5)10)2-8(12)13/h1,3,11H,2H2,(H,12,13). The molecule has 3 nitrogen and oxygen atoms in total. The summed E-state index contributed by atoms with van der Waals surface area (Å²) in [7, 11) is 0. The molecule has 0 aromatic heterocycles. The number of carbonyl (C=O) groups is 1. The average Bonchev–Trinajstić information content (AvgIpc) is 1.99. The van der Waals surface area contributed by atoms with Crippen molar-refractivity contribution in [3.05, 3.63) is 27.2 Å². The molecule has 70 valence electrons. The first-order valence-corrected chi connectivity index (χ1v) is 4.56. The Kier molecular flexibility index (Phi) is 3.17. The lowest BCUT2D eigenvalue weighted by Gasteiger charge is -2.03. The Hall–Kier alpha value is -0.740. The van der Waals surface area contributed by atoms with E-state index in [-0.39, 0.29) is 12.2 Å². The molecule has 0 saturated carbocycles. The van der Waals surface area contributed by atoms with E-state index in [0.29, 0.717) is 15.1 Å². The molecule has 2 N–H and O–H groups in total. The number of carboxylic acid groups (broad SMARTS) is 1. The molecule has 0 unspecified atom stereocenters. The molecule has 1 rings (SSSR count). The largest absolute Gasteiger partial charge is 0.508 e. The molecule has 0 radical (unpaired) electrons. The van der Waals surface area contributed by atoms with Gasteiger partial charge in [0, 0.05) is 10.0 Å². The monoisotopic (exact) mass is 264 g/mol. The Labute approximate surface area is 88.1 Å². The third-order valence-corrected chi connectivity index (χ3v) is 2.66. The third-order valence-electron chi connectivity index (χ3n) is 1.46. The van der Waals surface area contributed by atoms with Crippen molar-refractivity contribution in [2.75, 3.05) is 0 Å². The smallest absolute Gasteiger partial charge is 0.307 e. The number of carboxylic acids is 1. The molecule has 0 amide bonds. The van der Waals surface area contributed by atoms with Crippen LogP contribution in [0.2, 0.25) is 5.02 Å². The van der Waals surface area contributed by atoms with Gasteiger partial charge < -0.3 is 10.2 Å². The van der Waals surface area contributed by atoms with Gasteiger partial charge in [0.2, 0.25) is 0 Å². The Balaban J connectivity index is 3.08. The fourth-order valence-electron chi connectivity index (χ4n) is 0.882. The Morgan fingerprint density at radius 2 is 2.15 bits per heavy atom. The first-order chi connectivity index (χ1) is 6.00. The normalized spacial score (nSPS) is 10.0. The Morgan fingerprint density at radius 3 is 2.69 bits per heavy atom. The molecule has 0 saturated heterocycles. The quantitative estimate of drug-likeness (QED) is 0.863. The van der Waals surface area contributed by atoms with Gasteiger partial charge >= 0.3 is 5.97 Å². The van der Waals surface area contributed by atoms with Crippen molar-refractivity contribution >= 4 is 33.5 Å². The van der Waals surface area contributed by atoms with Crippen LogP contribution in [-0.2, 0) is 11.2 Å². The van der Waals surface area contributed by atoms with Crippen molar-refractivity contribution in [1.82, 2.24) is 0 Å². The predicted octanol–water partition coefficient (Wildman–Crippen LogP) is 2.44. The van der Waals surface area contributed by atoms with Gasteiger partial charge in [-0.3, -0.25) is 4.79 Å². The summed E-state index contributed by atoms with van der Waals surface area (Å²) in [5.41, 5.74) is 0.306. The summed E-state index contributed by atoms with van der Waals surface area (Å²) >= 11 is 8.83. The van der Waals surface area contributed by atoms with Crippen LogP contribution >= 0.6 is 27.5 Å². The van der Waals surface area contributed by atoms with Crippen LogP contribution in [0.25, 0.3) is 0 Å². The van der Waals surface area contributed by atoms with Crippen LogP contribution in [0.3, 0.4) is 0 Å². The van der Waals surface area contributed by atoms with Gasteiger partial charge in [0.15, 0.2) is 0 Å². The van der Waals surface area contributed by atoms with E-state index in [1.54, 1.807) is 0 Å². The van der Waals surface area contributed by atoms with Gasteiger partial charge in [0.25, 0.3) is 0 Å². The number of phenolic OH excluding ortho intramolecular Hbond substituents is 1. The summed E-state index contributed by atoms with van der Waals surface area (Å²) in [6.45, 7) is 0. The number of rotatable bonds is 2. The maximum atomic E-state index is 10.4. The highest BCUT2D eigenvalue weighted by molar-refractivity contribution is 9.10. The molecule has 0 spiro atoms. The van der Waals surface area contributed by atoms with Gasteiger partial charge in [-0.1, -0.05) is 11.6 Å². The highest BCUT2D eigenvalue weighted by atomic mass is 79.9. The first-order valence-electron chi connectivity index (χ1n) is 3.39. The molecule has 1 aromatic carbocycles. The van der Waals surface area contributed by atoms with E-state index in [2.05, 4.69) is 15.9 Å². The molecule has 1 aromatic rings. The SMILES string of the molecule is O=C(O)Cc1cc(Cl)c(Br)cc1O. The van der Waals surface area contributed by atoms with Crippen LogP contribution in [0.1, 0.15) is 5.56 Å². The minimum absolute atomic E-state index is 0.0707. The van der Waals surface area contributed by atoms with E-state index >= 15 is 0 Å². The predicted molar refractivity (Wildman–Crippen MR) is 52.2 cm³/mol. The fourth-order valence-corrected chi connectivity index (χ4v) is 1.40. The van der Waals surface area contributed by atoms with Crippen LogP contribution in [0.5, 0.6) is 5.75 Å². The topological polar surface area (TPSA) is 57.5 Å². The summed E-state index contributed by atoms with van der Waals surface area (Å²) in [6.07, 6.45) is -0.237. The van der Waals surface area contributed by atoms with Gasteiger partial charge in [0.1, 0.15) is 5.75 Å². The lowest BCUT2D eigenvalue weighted by atomic mass is 10.1. The first kappa shape index (κ1) is 10.3. The number of hydrogen-bond donors (Lipinski definition) is 2.